The quantitative estimate of drug-likeness (QED) is 0.529. The molecule has 1 N–H and O–H groups in total. The molecule has 1 heterocycles. The Morgan fingerprint density at radius 1 is 1.08 bits per heavy atom. The van der Waals surface area contributed by atoms with E-state index in [2.05, 4.69) is 33.0 Å². The fourth-order valence-electron chi connectivity index (χ4n) is 2.43. The molecule has 1 aliphatic rings. The lowest BCUT2D eigenvalue weighted by Gasteiger charge is -2.45. The van der Waals surface area contributed by atoms with E-state index in [1.165, 1.54) is 0 Å². The summed E-state index contributed by atoms with van der Waals surface area (Å²) in [5, 5.41) is 3.58. The molecular weight excluding hydrogens is 166 g/mol. The lowest BCUT2D eigenvalue weighted by Crippen LogP contribution is -2.59. The molecule has 0 unspecified atom stereocenters. The number of piperidine rings is 1. The fraction of sp³-hybridized carbons (Fsp3) is 1.00. The van der Waals surface area contributed by atoms with E-state index in [-0.39, 0.29) is 17.2 Å². The van der Waals surface area contributed by atoms with Crippen molar-refractivity contribution in [3.63, 3.8) is 0 Å². The first kappa shape index (κ1) is 11.0. The molecule has 1 fully saturated rings. The molecule has 0 bridgehead atoms. The molecule has 0 aromatic rings. The van der Waals surface area contributed by atoms with Crippen molar-refractivity contribution in [2.75, 3.05) is 7.11 Å². The van der Waals surface area contributed by atoms with Crippen molar-refractivity contribution in [3.05, 3.63) is 0 Å². The van der Waals surface area contributed by atoms with Crippen LogP contribution >= 0.6 is 0 Å². The van der Waals surface area contributed by atoms with E-state index in [1.54, 1.807) is 7.11 Å². The highest BCUT2D eigenvalue weighted by Gasteiger charge is 2.38. The molecular formula is C10H21NO2. The van der Waals surface area contributed by atoms with E-state index in [4.69, 9.17) is 9.78 Å². The van der Waals surface area contributed by atoms with Gasteiger partial charge in [0.25, 0.3) is 0 Å². The maximum atomic E-state index is 5.21. The van der Waals surface area contributed by atoms with Crippen LogP contribution in [-0.2, 0) is 9.78 Å². The molecule has 0 aliphatic carbocycles. The molecule has 0 atom stereocenters. The summed E-state index contributed by atoms with van der Waals surface area (Å²) < 4.78 is 0. The SMILES string of the molecule is COOC1CC(C)(C)NC(C)(C)C1. The van der Waals surface area contributed by atoms with Crippen LogP contribution in [0.15, 0.2) is 0 Å². The van der Waals surface area contributed by atoms with Gasteiger partial charge in [-0.05, 0) is 40.5 Å². The van der Waals surface area contributed by atoms with Crippen LogP contribution in [0.4, 0.5) is 0 Å². The maximum absolute atomic E-state index is 5.21. The van der Waals surface area contributed by atoms with Gasteiger partial charge in [0, 0.05) is 11.1 Å². The topological polar surface area (TPSA) is 30.5 Å². The zero-order valence-electron chi connectivity index (χ0n) is 9.31. The first-order chi connectivity index (χ1) is 5.85. The summed E-state index contributed by atoms with van der Waals surface area (Å²) in [6.45, 7) is 8.78. The van der Waals surface area contributed by atoms with Crippen molar-refractivity contribution in [3.8, 4) is 0 Å². The Labute approximate surface area is 80.7 Å². The summed E-state index contributed by atoms with van der Waals surface area (Å²) in [5.41, 5.74) is 0.260. The number of rotatable bonds is 2. The predicted molar refractivity (Wildman–Crippen MR) is 52.4 cm³/mol. The highest BCUT2D eigenvalue weighted by molar-refractivity contribution is 4.97. The van der Waals surface area contributed by atoms with E-state index in [9.17, 15) is 0 Å². The molecule has 78 valence electrons. The van der Waals surface area contributed by atoms with Crippen LogP contribution in [-0.4, -0.2) is 24.3 Å². The summed E-state index contributed by atoms with van der Waals surface area (Å²) in [6.07, 6.45) is 2.19. The third-order valence-electron chi connectivity index (χ3n) is 2.39. The molecule has 1 rings (SSSR count). The van der Waals surface area contributed by atoms with Gasteiger partial charge in [0.1, 0.15) is 0 Å². The molecule has 0 amide bonds. The minimum absolute atomic E-state index is 0.130. The van der Waals surface area contributed by atoms with Gasteiger partial charge in [-0.3, -0.25) is 0 Å². The van der Waals surface area contributed by atoms with E-state index in [0.29, 0.717) is 0 Å². The number of hydrogen-bond donors (Lipinski definition) is 1. The summed E-state index contributed by atoms with van der Waals surface area (Å²) in [5.74, 6) is 0. The second kappa shape index (κ2) is 3.56. The zero-order chi connectivity index (χ0) is 10.1. The monoisotopic (exact) mass is 187 g/mol. The Morgan fingerprint density at radius 3 is 1.92 bits per heavy atom. The van der Waals surface area contributed by atoms with Crippen LogP contribution in [0.5, 0.6) is 0 Å². The van der Waals surface area contributed by atoms with Crippen LogP contribution in [0.25, 0.3) is 0 Å². The Bertz CT molecular complexity index is 162. The van der Waals surface area contributed by atoms with Gasteiger partial charge in [0.05, 0.1) is 13.2 Å². The lowest BCUT2D eigenvalue weighted by molar-refractivity contribution is -0.315. The van der Waals surface area contributed by atoms with Crippen molar-refractivity contribution >= 4 is 0 Å². The summed E-state index contributed by atoms with van der Waals surface area (Å²) in [6, 6.07) is 0. The van der Waals surface area contributed by atoms with Gasteiger partial charge in [-0.1, -0.05) is 0 Å². The highest BCUT2D eigenvalue weighted by atomic mass is 17.2. The Kier molecular flexibility index (Phi) is 3.00. The summed E-state index contributed by atoms with van der Waals surface area (Å²) in [4.78, 5) is 9.95. The van der Waals surface area contributed by atoms with Gasteiger partial charge in [0.15, 0.2) is 0 Å². The van der Waals surface area contributed by atoms with Crippen molar-refractivity contribution in [2.45, 2.75) is 57.7 Å². The lowest BCUT2D eigenvalue weighted by atomic mass is 9.81. The summed E-state index contributed by atoms with van der Waals surface area (Å²) >= 11 is 0. The molecule has 0 aromatic heterocycles. The second-order valence-corrected chi connectivity index (χ2v) is 5.19. The zero-order valence-corrected chi connectivity index (χ0v) is 9.31. The molecule has 13 heavy (non-hydrogen) atoms. The predicted octanol–water partition coefficient (Wildman–Crippen LogP) is 1.87. The smallest absolute Gasteiger partial charge is 0.0964 e. The second-order valence-electron chi connectivity index (χ2n) is 5.19. The van der Waals surface area contributed by atoms with E-state index >= 15 is 0 Å². The van der Waals surface area contributed by atoms with Crippen LogP contribution < -0.4 is 5.32 Å². The molecule has 0 radical (unpaired) electrons. The molecule has 1 aliphatic heterocycles. The summed E-state index contributed by atoms with van der Waals surface area (Å²) in [7, 11) is 1.57. The minimum atomic E-state index is 0.130. The Balaban J connectivity index is 2.61. The molecule has 0 saturated carbocycles. The highest BCUT2D eigenvalue weighted by Crippen LogP contribution is 2.30. The van der Waals surface area contributed by atoms with Gasteiger partial charge in [-0.2, -0.15) is 0 Å². The Morgan fingerprint density at radius 2 is 1.54 bits per heavy atom. The van der Waals surface area contributed by atoms with Gasteiger partial charge in [-0.15, -0.1) is 0 Å². The molecule has 0 spiro atoms. The van der Waals surface area contributed by atoms with Crippen molar-refractivity contribution in [1.29, 1.82) is 0 Å². The van der Waals surface area contributed by atoms with Crippen LogP contribution in [0, 0.1) is 0 Å². The Hall–Kier alpha value is -0.120. The van der Waals surface area contributed by atoms with Gasteiger partial charge < -0.3 is 5.32 Å². The van der Waals surface area contributed by atoms with E-state index < -0.39 is 0 Å². The average molecular weight is 187 g/mol. The van der Waals surface area contributed by atoms with Crippen molar-refractivity contribution in [1.82, 2.24) is 5.32 Å². The normalized spacial score (nSPS) is 27.5. The van der Waals surface area contributed by atoms with Crippen molar-refractivity contribution in [2.24, 2.45) is 0 Å². The standard InChI is InChI=1S/C10H21NO2/c1-9(2)6-8(13-12-5)7-10(3,4)11-9/h8,11H,6-7H2,1-5H3. The number of hydrogen-bond acceptors (Lipinski definition) is 3. The van der Waals surface area contributed by atoms with Gasteiger partial charge in [-0.25, -0.2) is 9.78 Å². The van der Waals surface area contributed by atoms with Gasteiger partial charge >= 0.3 is 0 Å². The average Bonchev–Trinajstić information content (AvgIpc) is 1.78. The van der Waals surface area contributed by atoms with Crippen LogP contribution in [0.3, 0.4) is 0 Å². The molecule has 3 nitrogen and oxygen atoms in total. The number of nitrogens with one attached hydrogen (secondary N) is 1. The maximum Gasteiger partial charge on any atom is 0.0964 e. The molecule has 3 heteroatoms. The molecule has 1 saturated heterocycles. The van der Waals surface area contributed by atoms with E-state index in [1.807, 2.05) is 0 Å². The first-order valence-corrected chi connectivity index (χ1v) is 4.83. The fourth-order valence-corrected chi connectivity index (χ4v) is 2.43. The van der Waals surface area contributed by atoms with Gasteiger partial charge in [0.2, 0.25) is 0 Å². The van der Waals surface area contributed by atoms with Crippen molar-refractivity contribution < 1.29 is 9.78 Å². The third-order valence-corrected chi connectivity index (χ3v) is 2.39. The van der Waals surface area contributed by atoms with Crippen LogP contribution in [0.2, 0.25) is 0 Å². The molecule has 0 aromatic carbocycles. The largest absolute Gasteiger partial charge is 0.307 e. The van der Waals surface area contributed by atoms with E-state index in [0.717, 1.165) is 12.8 Å². The van der Waals surface area contributed by atoms with Crippen LogP contribution in [0.1, 0.15) is 40.5 Å². The third kappa shape index (κ3) is 3.25. The first-order valence-electron chi connectivity index (χ1n) is 4.83. The minimum Gasteiger partial charge on any atom is -0.307 e.